The number of thiophene rings is 1. The van der Waals surface area contributed by atoms with E-state index in [0.29, 0.717) is 5.56 Å². The quantitative estimate of drug-likeness (QED) is 0.149. The molecule has 0 aliphatic carbocycles. The maximum Gasteiger partial charge on any atom is 0.222 e. The standard InChI is InChI=1S/C30H27NO10S/c1-31(11-18(33)27(40)28(41)19(34)12-32)20(35)9-7-13-6-8-16-17(10-13)24(37)22-21-23(36)14-4-2-3-5-15(14)25(38)29(21)42-30(22)26(16)39/h2-6,8,10,18-19,27-28,32-34,40-41H,7,9,11-12H2,1H3. The van der Waals surface area contributed by atoms with Gasteiger partial charge in [-0.3, -0.25) is 24.0 Å². The molecular weight excluding hydrogens is 566 g/mol. The van der Waals surface area contributed by atoms with Crippen LogP contribution in [0, 0.1) is 0 Å². The number of hydrogen-bond donors (Lipinski definition) is 5. The summed E-state index contributed by atoms with van der Waals surface area (Å²) < 4.78 is 0.117. The van der Waals surface area contributed by atoms with Crippen LogP contribution >= 0.6 is 11.3 Å². The summed E-state index contributed by atoms with van der Waals surface area (Å²) in [5.74, 6) is -0.435. The van der Waals surface area contributed by atoms with Crippen molar-refractivity contribution in [2.24, 2.45) is 0 Å². The van der Waals surface area contributed by atoms with Crippen molar-refractivity contribution in [3.05, 3.63) is 88.9 Å². The van der Waals surface area contributed by atoms with Crippen molar-refractivity contribution < 1.29 is 30.3 Å². The zero-order chi connectivity index (χ0) is 30.5. The Bertz CT molecular complexity index is 2060. The lowest BCUT2D eigenvalue weighted by atomic mass is 9.99. The van der Waals surface area contributed by atoms with Crippen LogP contribution in [-0.2, 0) is 11.2 Å². The molecule has 0 aliphatic heterocycles. The highest BCUT2D eigenvalue weighted by Gasteiger charge is 2.31. The fraction of sp³-hybridized carbons (Fsp3) is 0.300. The van der Waals surface area contributed by atoms with E-state index in [1.54, 1.807) is 18.2 Å². The monoisotopic (exact) mass is 593 g/mol. The molecule has 4 atom stereocenters. The van der Waals surface area contributed by atoms with E-state index in [9.17, 15) is 44.4 Å². The third-order valence-corrected chi connectivity index (χ3v) is 8.79. The molecule has 1 aromatic heterocycles. The number of nitrogens with zero attached hydrogens (tertiary/aromatic N) is 1. The predicted molar refractivity (Wildman–Crippen MR) is 159 cm³/mol. The molecule has 0 aliphatic rings. The van der Waals surface area contributed by atoms with Gasteiger partial charge in [-0.25, -0.2) is 0 Å². The topological polar surface area (TPSA) is 190 Å². The van der Waals surface area contributed by atoms with Crippen LogP contribution in [0.3, 0.4) is 0 Å². The Labute approximate surface area is 240 Å². The van der Waals surface area contributed by atoms with Crippen LogP contribution in [0.15, 0.2) is 61.6 Å². The summed E-state index contributed by atoms with van der Waals surface area (Å²) >= 11 is 0.850. The highest BCUT2D eigenvalue weighted by molar-refractivity contribution is 7.25. The minimum absolute atomic E-state index is 0.0499. The van der Waals surface area contributed by atoms with Crippen molar-refractivity contribution in [1.29, 1.82) is 0 Å². The molecule has 0 spiro atoms. The number of carbonyl (C=O) groups is 1. The number of carbonyl (C=O) groups excluding carboxylic acids is 1. The fourth-order valence-corrected chi connectivity index (χ4v) is 6.41. The largest absolute Gasteiger partial charge is 0.394 e. The molecule has 11 nitrogen and oxygen atoms in total. The van der Waals surface area contributed by atoms with Crippen LogP contribution in [-0.4, -0.2) is 81.0 Å². The summed E-state index contributed by atoms with van der Waals surface area (Å²) in [5, 5.41) is 48.7. The molecule has 0 radical (unpaired) electrons. The minimum atomic E-state index is -1.82. The van der Waals surface area contributed by atoms with E-state index in [2.05, 4.69) is 0 Å². The second-order valence-corrected chi connectivity index (χ2v) is 11.3. The second-order valence-electron chi connectivity index (χ2n) is 10.3. The third-order valence-electron chi connectivity index (χ3n) is 7.60. The molecule has 0 bridgehead atoms. The Morgan fingerprint density at radius 1 is 0.762 bits per heavy atom. The number of aryl methyl sites for hydroxylation is 1. The number of fused-ring (bicyclic) bond motifs is 5. The maximum atomic E-state index is 13.7. The van der Waals surface area contributed by atoms with Gasteiger partial charge in [-0.05, 0) is 24.1 Å². The molecule has 0 saturated heterocycles. The lowest BCUT2D eigenvalue weighted by Gasteiger charge is -2.28. The van der Waals surface area contributed by atoms with Gasteiger partial charge in [0.15, 0.2) is 10.9 Å². The van der Waals surface area contributed by atoms with Crippen LogP contribution in [0.1, 0.15) is 12.0 Å². The smallest absolute Gasteiger partial charge is 0.222 e. The molecule has 5 N–H and O–H groups in total. The number of rotatable bonds is 9. The van der Waals surface area contributed by atoms with Crippen molar-refractivity contribution in [2.45, 2.75) is 37.3 Å². The van der Waals surface area contributed by atoms with E-state index < -0.39 is 58.6 Å². The molecule has 5 aromatic rings. The van der Waals surface area contributed by atoms with Gasteiger partial charge < -0.3 is 30.4 Å². The normalized spacial score (nSPS) is 14.9. The lowest BCUT2D eigenvalue weighted by molar-refractivity contribution is -0.137. The second kappa shape index (κ2) is 11.4. The molecule has 0 saturated carbocycles. The van der Waals surface area contributed by atoms with Gasteiger partial charge in [0.05, 0.1) is 26.8 Å². The molecule has 0 fully saturated rings. The van der Waals surface area contributed by atoms with Crippen molar-refractivity contribution in [3.8, 4) is 0 Å². The SMILES string of the molecule is CN(CC(O)C(O)C(O)C(O)CO)C(=O)CCc1ccc2c(=O)c3sc4c(=O)c5ccccc5c(=O)c4c3c(=O)c2c1. The van der Waals surface area contributed by atoms with E-state index in [0.717, 1.165) is 16.2 Å². The Morgan fingerprint density at radius 3 is 1.88 bits per heavy atom. The highest BCUT2D eigenvalue weighted by Crippen LogP contribution is 2.29. The Kier molecular flexibility index (Phi) is 8.03. The Hall–Kier alpha value is -3.91. The van der Waals surface area contributed by atoms with E-state index in [1.165, 1.54) is 31.3 Å². The molecule has 5 rings (SSSR count). The zero-order valence-electron chi connectivity index (χ0n) is 22.3. The van der Waals surface area contributed by atoms with Crippen LogP contribution in [0.5, 0.6) is 0 Å². The minimum Gasteiger partial charge on any atom is -0.394 e. The molecular formula is C30H27NO10S. The molecule has 1 heterocycles. The van der Waals surface area contributed by atoms with Crippen LogP contribution in [0.25, 0.3) is 41.7 Å². The van der Waals surface area contributed by atoms with Gasteiger partial charge in [-0.2, -0.15) is 0 Å². The van der Waals surface area contributed by atoms with Crippen LogP contribution in [0.4, 0.5) is 0 Å². The van der Waals surface area contributed by atoms with Gasteiger partial charge in [-0.15, -0.1) is 11.3 Å². The first-order chi connectivity index (χ1) is 20.0. The summed E-state index contributed by atoms with van der Waals surface area (Å²) in [6.07, 6.45) is -6.81. The summed E-state index contributed by atoms with van der Waals surface area (Å²) in [7, 11) is 1.37. The van der Waals surface area contributed by atoms with Gasteiger partial charge in [0.1, 0.15) is 24.4 Å². The van der Waals surface area contributed by atoms with Gasteiger partial charge in [0.25, 0.3) is 0 Å². The van der Waals surface area contributed by atoms with Crippen molar-refractivity contribution in [1.82, 2.24) is 4.90 Å². The molecule has 4 aromatic carbocycles. The number of aliphatic hydroxyl groups is 5. The van der Waals surface area contributed by atoms with Gasteiger partial charge >= 0.3 is 0 Å². The maximum absolute atomic E-state index is 13.7. The first-order valence-electron chi connectivity index (χ1n) is 13.1. The van der Waals surface area contributed by atoms with Crippen molar-refractivity contribution in [3.63, 3.8) is 0 Å². The number of benzene rings is 4. The van der Waals surface area contributed by atoms with Gasteiger partial charge in [0, 0.05) is 41.6 Å². The average molecular weight is 594 g/mol. The van der Waals surface area contributed by atoms with Crippen LogP contribution in [0.2, 0.25) is 0 Å². The van der Waals surface area contributed by atoms with Gasteiger partial charge in [0.2, 0.25) is 16.8 Å². The highest BCUT2D eigenvalue weighted by atomic mass is 32.1. The fourth-order valence-electron chi connectivity index (χ4n) is 5.21. The van der Waals surface area contributed by atoms with Crippen molar-refractivity contribution >= 4 is 59.0 Å². The van der Waals surface area contributed by atoms with Crippen molar-refractivity contribution in [2.75, 3.05) is 20.2 Å². The first kappa shape index (κ1) is 29.6. The van der Waals surface area contributed by atoms with E-state index in [1.807, 2.05) is 0 Å². The summed E-state index contributed by atoms with van der Waals surface area (Å²) in [4.78, 5) is 67.3. The number of aliphatic hydroxyl groups excluding tert-OH is 5. The van der Waals surface area contributed by atoms with E-state index in [4.69, 9.17) is 5.11 Å². The predicted octanol–water partition coefficient (Wildman–Crippen LogP) is -0.496. The zero-order valence-corrected chi connectivity index (χ0v) is 23.1. The molecule has 42 heavy (non-hydrogen) atoms. The average Bonchev–Trinajstić information content (AvgIpc) is 3.41. The molecule has 1 amide bonds. The Balaban J connectivity index is 1.45. The van der Waals surface area contributed by atoms with Gasteiger partial charge in [-0.1, -0.05) is 30.3 Å². The van der Waals surface area contributed by atoms with Crippen LogP contribution < -0.4 is 21.7 Å². The summed E-state index contributed by atoms with van der Waals surface area (Å²) in [5.41, 5.74) is -1.36. The number of hydrogen-bond acceptors (Lipinski definition) is 11. The number of amides is 1. The van der Waals surface area contributed by atoms with E-state index >= 15 is 0 Å². The third kappa shape index (κ3) is 4.91. The van der Waals surface area contributed by atoms with E-state index in [-0.39, 0.29) is 61.1 Å². The first-order valence-corrected chi connectivity index (χ1v) is 13.9. The Morgan fingerprint density at radius 2 is 1.29 bits per heavy atom. The lowest BCUT2D eigenvalue weighted by Crippen LogP contribution is -2.50. The summed E-state index contributed by atoms with van der Waals surface area (Å²) in [6, 6.07) is 10.9. The number of likely N-dealkylation sites (N-methyl/N-ethyl adjacent to an activating group) is 1. The molecule has 4 unspecified atom stereocenters. The summed E-state index contributed by atoms with van der Waals surface area (Å²) in [6.45, 7) is -1.19. The molecule has 218 valence electrons. The molecule has 12 heteroatoms.